The number of hydrogen-bond donors (Lipinski definition) is 1. The summed E-state index contributed by atoms with van der Waals surface area (Å²) in [5, 5.41) is 11.2. The van der Waals surface area contributed by atoms with Gasteiger partial charge in [0, 0.05) is 49.7 Å². The van der Waals surface area contributed by atoms with Gasteiger partial charge in [-0.1, -0.05) is 37.3 Å². The maximum absolute atomic E-state index is 10.5. The molecule has 1 aromatic carbocycles. The summed E-state index contributed by atoms with van der Waals surface area (Å²) in [5.41, 5.74) is 3.09. The van der Waals surface area contributed by atoms with Gasteiger partial charge in [-0.25, -0.2) is 0 Å². The predicted octanol–water partition coefficient (Wildman–Crippen LogP) is 5.29. The van der Waals surface area contributed by atoms with Crippen molar-refractivity contribution in [3.05, 3.63) is 40.4 Å². The molecule has 1 aromatic heterocycles. The normalized spacial score (nSPS) is 13.2. The zero-order chi connectivity index (χ0) is 25.0. The fourth-order valence-electron chi connectivity index (χ4n) is 3.10. The van der Waals surface area contributed by atoms with Crippen molar-refractivity contribution >= 4 is 39.0 Å². The van der Waals surface area contributed by atoms with Crippen LogP contribution in [0, 0.1) is 6.92 Å². The van der Waals surface area contributed by atoms with Crippen LogP contribution in [0.4, 0.5) is 0 Å². The van der Waals surface area contributed by atoms with Gasteiger partial charge in [-0.05, 0) is 64.4 Å². The Labute approximate surface area is 206 Å². The molecule has 0 saturated heterocycles. The Morgan fingerprint density at radius 2 is 1.85 bits per heavy atom. The summed E-state index contributed by atoms with van der Waals surface area (Å²) in [5.74, 6) is 0. The highest BCUT2D eigenvalue weighted by molar-refractivity contribution is 6.76. The zero-order valence-corrected chi connectivity index (χ0v) is 23.4. The average molecular weight is 490 g/mol. The van der Waals surface area contributed by atoms with E-state index >= 15 is 0 Å². The Morgan fingerprint density at radius 1 is 1.18 bits per heavy atom. The van der Waals surface area contributed by atoms with Crippen molar-refractivity contribution in [1.29, 1.82) is 0 Å². The van der Waals surface area contributed by atoms with Gasteiger partial charge in [0.1, 0.15) is 6.73 Å². The molecule has 0 bridgehead atoms. The van der Waals surface area contributed by atoms with Gasteiger partial charge in [-0.3, -0.25) is 4.99 Å². The zero-order valence-electron chi connectivity index (χ0n) is 21.6. The van der Waals surface area contributed by atoms with Crippen LogP contribution in [0.5, 0.6) is 0 Å². The number of aliphatic imine (C=N–C) groups is 1. The van der Waals surface area contributed by atoms with Crippen LogP contribution in [0.25, 0.3) is 11.3 Å². The Hall–Kier alpha value is -1.38. The van der Waals surface area contributed by atoms with Gasteiger partial charge >= 0.3 is 7.48 Å². The molecule has 0 atom stereocenters. The van der Waals surface area contributed by atoms with Crippen LogP contribution in [0.2, 0.25) is 30.7 Å². The summed E-state index contributed by atoms with van der Waals surface area (Å²) in [6.45, 7) is 17.4. The van der Waals surface area contributed by atoms with Crippen molar-refractivity contribution in [3.63, 3.8) is 0 Å². The van der Waals surface area contributed by atoms with Crippen LogP contribution >= 0.6 is 11.6 Å². The first-order chi connectivity index (χ1) is 15.2. The van der Waals surface area contributed by atoms with Crippen molar-refractivity contribution in [2.24, 2.45) is 4.99 Å². The fraction of sp³-hybridized carbons (Fsp3) is 0.560. The van der Waals surface area contributed by atoms with Crippen LogP contribution in [-0.4, -0.2) is 56.3 Å². The van der Waals surface area contributed by atoms with E-state index in [4.69, 9.17) is 21.0 Å². The number of benzene rings is 1. The summed E-state index contributed by atoms with van der Waals surface area (Å²) in [7, 11) is 2.26. The standard InChI is InChI=1S/C25H39BClN2O3Si/c1-18-10-11-20(27)15-21(18)23-19(16-28-6)14-22(26-32-25(4,5)24(2,3)30)29(23)17-31-12-13-33(7,8)9/h10-11,14-16,30H,12-13,17H2,1-9H3. The van der Waals surface area contributed by atoms with E-state index in [-0.39, 0.29) is 0 Å². The molecule has 2 rings (SSSR count). The molecule has 0 fully saturated rings. The van der Waals surface area contributed by atoms with Crippen molar-refractivity contribution in [3.8, 4) is 11.3 Å². The first-order valence-electron chi connectivity index (χ1n) is 11.4. The molecule has 181 valence electrons. The Balaban J connectivity index is 2.52. The second-order valence-corrected chi connectivity index (χ2v) is 16.9. The largest absolute Gasteiger partial charge is 0.425 e. The van der Waals surface area contributed by atoms with E-state index in [1.165, 1.54) is 0 Å². The van der Waals surface area contributed by atoms with Crippen LogP contribution in [0.3, 0.4) is 0 Å². The van der Waals surface area contributed by atoms with Gasteiger partial charge < -0.3 is 19.1 Å². The van der Waals surface area contributed by atoms with Crippen molar-refractivity contribution in [2.75, 3.05) is 13.7 Å². The third kappa shape index (κ3) is 7.56. The number of aryl methyl sites for hydroxylation is 1. The van der Waals surface area contributed by atoms with E-state index < -0.39 is 19.3 Å². The Morgan fingerprint density at radius 3 is 2.42 bits per heavy atom. The third-order valence-corrected chi connectivity index (χ3v) is 7.99. The molecular weight excluding hydrogens is 451 g/mol. The smallest absolute Gasteiger partial charge is 0.348 e. The van der Waals surface area contributed by atoms with E-state index in [9.17, 15) is 5.11 Å². The maximum Gasteiger partial charge on any atom is 0.348 e. The lowest BCUT2D eigenvalue weighted by atomic mass is 9.85. The lowest BCUT2D eigenvalue weighted by Gasteiger charge is -2.37. The van der Waals surface area contributed by atoms with Crippen LogP contribution in [0.1, 0.15) is 38.8 Å². The number of halogens is 1. The molecule has 0 saturated carbocycles. The Kier molecular flexibility index (Phi) is 9.21. The molecular formula is C25H39BClN2O3Si. The average Bonchev–Trinajstić information content (AvgIpc) is 3.01. The minimum atomic E-state index is -1.20. The van der Waals surface area contributed by atoms with E-state index in [1.807, 2.05) is 44.3 Å². The molecule has 2 aromatic rings. The van der Waals surface area contributed by atoms with Crippen molar-refractivity contribution in [1.82, 2.24) is 4.57 Å². The molecule has 5 nitrogen and oxygen atoms in total. The summed E-state index contributed by atoms with van der Waals surface area (Å²) in [6, 6.07) is 9.01. The van der Waals surface area contributed by atoms with Crippen molar-refractivity contribution in [2.45, 2.75) is 78.2 Å². The van der Waals surface area contributed by atoms with Crippen LogP contribution < -0.4 is 5.59 Å². The third-order valence-electron chi connectivity index (χ3n) is 6.05. The Bertz CT molecular complexity index is 975. The first-order valence-corrected chi connectivity index (χ1v) is 15.5. The first kappa shape index (κ1) is 27.9. The minimum Gasteiger partial charge on any atom is -0.425 e. The van der Waals surface area contributed by atoms with Gasteiger partial charge in [-0.2, -0.15) is 0 Å². The lowest BCUT2D eigenvalue weighted by molar-refractivity contribution is -0.0894. The molecule has 1 heterocycles. The maximum atomic E-state index is 10.5. The van der Waals surface area contributed by atoms with Crippen molar-refractivity contribution < 1.29 is 14.5 Å². The van der Waals surface area contributed by atoms with Crippen LogP contribution in [0.15, 0.2) is 29.3 Å². The lowest BCUT2D eigenvalue weighted by Crippen LogP contribution is -2.49. The number of rotatable bonds is 11. The second-order valence-electron chi connectivity index (χ2n) is 10.8. The number of hydrogen-bond acceptors (Lipinski definition) is 4. The predicted molar refractivity (Wildman–Crippen MR) is 144 cm³/mol. The number of aromatic nitrogens is 1. The quantitative estimate of drug-likeness (QED) is 0.265. The number of nitrogens with zero attached hydrogens (tertiary/aromatic N) is 2. The van der Waals surface area contributed by atoms with E-state index in [2.05, 4.69) is 36.1 Å². The molecule has 0 amide bonds. The van der Waals surface area contributed by atoms with Gasteiger partial charge in [0.2, 0.25) is 0 Å². The highest BCUT2D eigenvalue weighted by Gasteiger charge is 2.36. The molecule has 1 radical (unpaired) electrons. The molecule has 0 aliphatic carbocycles. The summed E-state index contributed by atoms with van der Waals surface area (Å²) >= 11 is 6.37. The molecule has 0 spiro atoms. The van der Waals surface area contributed by atoms with Gasteiger partial charge in [-0.15, -0.1) is 0 Å². The molecule has 0 aliphatic rings. The number of aliphatic hydroxyl groups is 1. The highest BCUT2D eigenvalue weighted by atomic mass is 35.5. The van der Waals surface area contributed by atoms with E-state index in [1.54, 1.807) is 28.4 Å². The molecule has 0 unspecified atom stereocenters. The highest BCUT2D eigenvalue weighted by Crippen LogP contribution is 2.30. The van der Waals surface area contributed by atoms with Crippen LogP contribution in [-0.2, 0) is 16.1 Å². The monoisotopic (exact) mass is 489 g/mol. The summed E-state index contributed by atoms with van der Waals surface area (Å²) < 4.78 is 14.4. The SMILES string of the molecule is CN=Cc1cc([B]OC(C)(C)C(C)(C)O)n(COCC[Si](C)(C)C)c1-c1cc(Cl)ccc1C. The summed E-state index contributed by atoms with van der Waals surface area (Å²) in [6.07, 6.45) is 1.84. The topological polar surface area (TPSA) is 56.0 Å². The molecule has 8 heteroatoms. The number of ether oxygens (including phenoxy) is 1. The van der Waals surface area contributed by atoms with E-state index in [0.29, 0.717) is 18.4 Å². The summed E-state index contributed by atoms with van der Waals surface area (Å²) in [4.78, 5) is 4.27. The van der Waals surface area contributed by atoms with Gasteiger partial charge in [0.25, 0.3) is 0 Å². The van der Waals surface area contributed by atoms with Gasteiger partial charge in [0.05, 0.1) is 16.9 Å². The fourth-order valence-corrected chi connectivity index (χ4v) is 4.03. The molecule has 33 heavy (non-hydrogen) atoms. The minimum absolute atomic E-state index is 0.376. The second kappa shape index (κ2) is 10.9. The molecule has 1 N–H and O–H groups in total. The van der Waals surface area contributed by atoms with E-state index in [0.717, 1.165) is 34.0 Å². The molecule has 0 aliphatic heterocycles. The van der Waals surface area contributed by atoms with Gasteiger partial charge in [0.15, 0.2) is 0 Å².